The second-order valence-corrected chi connectivity index (χ2v) is 6.21. The lowest BCUT2D eigenvalue weighted by Gasteiger charge is -2.06. The maximum absolute atomic E-state index is 11.3. The first-order valence-electron chi connectivity index (χ1n) is 5.23. The molecule has 0 aliphatic heterocycles. The summed E-state index contributed by atoms with van der Waals surface area (Å²) >= 11 is 0.585. The number of hydrogen-bond acceptors (Lipinski definition) is 4. The Bertz CT molecular complexity index is 467. The van der Waals surface area contributed by atoms with E-state index in [0.717, 1.165) is 30.0 Å². The molecule has 1 aromatic rings. The SMILES string of the molecule is CCc1nn(CS(C)(=O)=O)c(CC)c1[O][AlH2]. The number of sulfone groups is 1. The molecule has 7 heteroatoms. The number of aromatic nitrogens is 2. The van der Waals surface area contributed by atoms with Gasteiger partial charge < -0.3 is 3.79 Å². The van der Waals surface area contributed by atoms with E-state index in [1.165, 1.54) is 6.26 Å². The van der Waals surface area contributed by atoms with Crippen LogP contribution in [0.1, 0.15) is 25.2 Å². The number of hydrogen-bond donors (Lipinski definition) is 0. The van der Waals surface area contributed by atoms with E-state index in [1.54, 1.807) is 4.68 Å². The molecule has 0 aromatic carbocycles. The van der Waals surface area contributed by atoms with Gasteiger partial charge in [0.05, 0.1) is 5.69 Å². The van der Waals surface area contributed by atoms with Crippen molar-refractivity contribution in [3.8, 4) is 5.75 Å². The number of aryl methyl sites for hydroxylation is 1. The van der Waals surface area contributed by atoms with E-state index >= 15 is 0 Å². The van der Waals surface area contributed by atoms with Gasteiger partial charge in [0.1, 0.15) is 17.3 Å². The van der Waals surface area contributed by atoms with Gasteiger partial charge in [-0.15, -0.1) is 0 Å². The quantitative estimate of drug-likeness (QED) is 0.696. The Balaban J connectivity index is 3.23. The second kappa shape index (κ2) is 5.21. The Morgan fingerprint density at radius 1 is 1.38 bits per heavy atom. The fourth-order valence-electron chi connectivity index (χ4n) is 1.67. The van der Waals surface area contributed by atoms with Crippen LogP contribution in [0.2, 0.25) is 0 Å². The van der Waals surface area contributed by atoms with Gasteiger partial charge in [-0.2, -0.15) is 5.10 Å². The van der Waals surface area contributed by atoms with E-state index in [2.05, 4.69) is 5.10 Å². The molecule has 0 N–H and O–H groups in total. The number of rotatable bonds is 5. The molecule has 0 aliphatic rings. The van der Waals surface area contributed by atoms with Crippen LogP contribution in [0, 0.1) is 0 Å². The van der Waals surface area contributed by atoms with Gasteiger partial charge in [-0.25, -0.2) is 8.42 Å². The zero-order chi connectivity index (χ0) is 12.3. The molecule has 0 bridgehead atoms. The van der Waals surface area contributed by atoms with Crippen molar-refractivity contribution in [1.82, 2.24) is 9.78 Å². The molecule has 16 heavy (non-hydrogen) atoms. The highest BCUT2D eigenvalue weighted by molar-refractivity contribution is 7.89. The monoisotopic (exact) mass is 260 g/mol. The van der Waals surface area contributed by atoms with Crippen LogP contribution < -0.4 is 3.79 Å². The van der Waals surface area contributed by atoms with Gasteiger partial charge in [-0.3, -0.25) is 4.68 Å². The third-order valence-electron chi connectivity index (χ3n) is 2.31. The lowest BCUT2D eigenvalue weighted by atomic mass is 10.2. The Morgan fingerprint density at radius 3 is 2.38 bits per heavy atom. The summed E-state index contributed by atoms with van der Waals surface area (Å²) in [6, 6.07) is 0. The molecular weight excluding hydrogens is 243 g/mol. The van der Waals surface area contributed by atoms with Crippen molar-refractivity contribution in [3.05, 3.63) is 11.4 Å². The summed E-state index contributed by atoms with van der Waals surface area (Å²) in [4.78, 5) is 0. The first-order chi connectivity index (χ1) is 7.42. The predicted octanol–water partition coefficient (Wildman–Crippen LogP) is -0.0631. The highest BCUT2D eigenvalue weighted by atomic mass is 32.2. The van der Waals surface area contributed by atoms with Crippen molar-refractivity contribution in [2.75, 3.05) is 6.26 Å². The first kappa shape index (κ1) is 13.6. The maximum Gasteiger partial charge on any atom is 0.497 e. The smallest absolute Gasteiger partial charge is 0.497 e. The highest BCUT2D eigenvalue weighted by Crippen LogP contribution is 2.24. The van der Waals surface area contributed by atoms with Gasteiger partial charge in [0, 0.05) is 6.26 Å². The number of nitrogens with zero attached hydrogens (tertiary/aromatic N) is 2. The minimum atomic E-state index is -3.07. The van der Waals surface area contributed by atoms with Crippen molar-refractivity contribution in [3.63, 3.8) is 0 Å². The van der Waals surface area contributed by atoms with Gasteiger partial charge >= 0.3 is 16.6 Å². The molecule has 0 atom stereocenters. The van der Waals surface area contributed by atoms with Crippen LogP contribution in [0.15, 0.2) is 0 Å². The third kappa shape index (κ3) is 3.00. The summed E-state index contributed by atoms with van der Waals surface area (Å²) < 4.78 is 29.5. The largest absolute Gasteiger partial charge is 0.645 e. The van der Waals surface area contributed by atoms with Gasteiger partial charge in [0.2, 0.25) is 0 Å². The van der Waals surface area contributed by atoms with Crippen LogP contribution >= 0.6 is 0 Å². The Kier molecular flexibility index (Phi) is 4.42. The molecule has 90 valence electrons. The second-order valence-electron chi connectivity index (χ2n) is 3.69. The van der Waals surface area contributed by atoms with Crippen molar-refractivity contribution in [1.29, 1.82) is 0 Å². The average Bonchev–Trinajstić information content (AvgIpc) is 2.52. The highest BCUT2D eigenvalue weighted by Gasteiger charge is 2.17. The third-order valence-corrected chi connectivity index (χ3v) is 3.43. The normalized spacial score (nSPS) is 11.7. The molecule has 0 unspecified atom stereocenters. The molecule has 0 spiro atoms. The summed E-state index contributed by atoms with van der Waals surface area (Å²) in [5.41, 5.74) is 1.72. The molecule has 0 fully saturated rings. The minimum Gasteiger partial charge on any atom is -0.645 e. The molecule has 1 heterocycles. The first-order valence-corrected chi connectivity index (χ1v) is 8.10. The average molecular weight is 260 g/mol. The fraction of sp³-hybridized carbons (Fsp3) is 0.667. The van der Waals surface area contributed by atoms with Gasteiger partial charge in [-0.05, 0) is 12.8 Å². The minimum absolute atomic E-state index is 0.0753. The molecule has 1 aromatic heterocycles. The van der Waals surface area contributed by atoms with E-state index in [4.69, 9.17) is 3.79 Å². The fourth-order valence-corrected chi connectivity index (χ4v) is 2.80. The van der Waals surface area contributed by atoms with E-state index in [0.29, 0.717) is 16.6 Å². The summed E-state index contributed by atoms with van der Waals surface area (Å²) in [5, 5.41) is 4.29. The Labute approximate surface area is 104 Å². The van der Waals surface area contributed by atoms with Gasteiger partial charge in [0.15, 0.2) is 9.84 Å². The van der Waals surface area contributed by atoms with Crippen LogP contribution in [-0.4, -0.2) is 41.1 Å². The zero-order valence-electron chi connectivity index (χ0n) is 10.1. The molecule has 0 aliphatic carbocycles. The summed E-state index contributed by atoms with van der Waals surface area (Å²) in [5.74, 6) is 0.703. The van der Waals surface area contributed by atoms with Crippen molar-refractivity contribution in [2.45, 2.75) is 32.6 Å². The Hall–Kier alpha value is -0.508. The van der Waals surface area contributed by atoms with Crippen LogP contribution in [-0.2, 0) is 28.6 Å². The lowest BCUT2D eigenvalue weighted by Crippen LogP contribution is -2.13. The van der Waals surface area contributed by atoms with Crippen molar-refractivity contribution >= 4 is 26.5 Å². The van der Waals surface area contributed by atoms with Crippen molar-refractivity contribution < 1.29 is 12.2 Å². The molecule has 0 amide bonds. The maximum atomic E-state index is 11.3. The van der Waals surface area contributed by atoms with E-state index < -0.39 is 9.84 Å². The summed E-state index contributed by atoms with van der Waals surface area (Å²) in [7, 11) is -3.07. The molecule has 0 radical (unpaired) electrons. The van der Waals surface area contributed by atoms with Gasteiger partial charge in [-0.1, -0.05) is 13.8 Å². The van der Waals surface area contributed by atoms with Gasteiger partial charge in [0.25, 0.3) is 0 Å². The van der Waals surface area contributed by atoms with Crippen LogP contribution in [0.3, 0.4) is 0 Å². The zero-order valence-corrected chi connectivity index (χ0v) is 13.0. The Morgan fingerprint density at radius 2 is 2.00 bits per heavy atom. The molecule has 0 saturated heterocycles. The predicted molar refractivity (Wildman–Crippen MR) is 65.0 cm³/mol. The molecule has 5 nitrogen and oxygen atoms in total. The molecular formula is C9H17AlN2O3S. The molecule has 1 rings (SSSR count). The van der Waals surface area contributed by atoms with Crippen LogP contribution in [0.5, 0.6) is 5.75 Å². The van der Waals surface area contributed by atoms with Crippen LogP contribution in [0.25, 0.3) is 0 Å². The van der Waals surface area contributed by atoms with Crippen molar-refractivity contribution in [2.24, 2.45) is 0 Å². The lowest BCUT2D eigenvalue weighted by molar-refractivity contribution is 0.570. The van der Waals surface area contributed by atoms with E-state index in [9.17, 15) is 8.42 Å². The van der Waals surface area contributed by atoms with E-state index in [-0.39, 0.29) is 5.88 Å². The summed E-state index contributed by atoms with van der Waals surface area (Å²) in [6.07, 6.45) is 2.68. The standard InChI is InChI=1S/C9H16N2O3S.Al.2H/c1-4-7-9(12)8(5-2)11(10-7)6-15(3,13)14;;;/h12H,4-6H2,1-3H3;;;/q;+1;;/p-1. The molecule has 0 saturated carbocycles. The summed E-state index contributed by atoms with van der Waals surface area (Å²) in [6.45, 7) is 3.95. The topological polar surface area (TPSA) is 61.2 Å². The van der Waals surface area contributed by atoms with Crippen LogP contribution in [0.4, 0.5) is 0 Å². The van der Waals surface area contributed by atoms with E-state index in [1.807, 2.05) is 13.8 Å².